The quantitative estimate of drug-likeness (QED) is 0.626. The monoisotopic (exact) mass is 172 g/mol. The molecule has 3 nitrogen and oxygen atoms in total. The van der Waals surface area contributed by atoms with Gasteiger partial charge in [0.05, 0.1) is 13.2 Å². The van der Waals surface area contributed by atoms with Gasteiger partial charge in [-0.2, -0.15) is 0 Å². The van der Waals surface area contributed by atoms with E-state index in [-0.39, 0.29) is 5.79 Å². The summed E-state index contributed by atoms with van der Waals surface area (Å²) in [5, 5.41) is 0. The van der Waals surface area contributed by atoms with Crippen LogP contribution in [0.25, 0.3) is 0 Å². The van der Waals surface area contributed by atoms with Gasteiger partial charge >= 0.3 is 0 Å². The molecule has 1 saturated heterocycles. The summed E-state index contributed by atoms with van der Waals surface area (Å²) >= 11 is 0. The van der Waals surface area contributed by atoms with E-state index in [1.165, 1.54) is 6.42 Å². The number of rotatable bonds is 2. The van der Waals surface area contributed by atoms with E-state index in [1.807, 2.05) is 0 Å². The highest BCUT2D eigenvalue weighted by atomic mass is 16.7. The van der Waals surface area contributed by atoms with Crippen LogP contribution in [0.5, 0.6) is 0 Å². The molecule has 1 heterocycles. The minimum absolute atomic E-state index is 0.219. The molecule has 0 amide bonds. The standard InChI is InChI=1S/C9H16O3/c1-10-7-8-2-3-9(6-8)11-4-5-12-9/h8H,2-7H2,1H3. The molecule has 2 fully saturated rings. The average molecular weight is 172 g/mol. The van der Waals surface area contributed by atoms with Crippen LogP contribution in [-0.2, 0) is 14.2 Å². The van der Waals surface area contributed by atoms with Crippen LogP contribution in [0.3, 0.4) is 0 Å². The molecule has 0 aromatic rings. The van der Waals surface area contributed by atoms with E-state index in [1.54, 1.807) is 7.11 Å². The first-order chi connectivity index (χ1) is 5.85. The summed E-state index contributed by atoms with van der Waals surface area (Å²) in [6, 6.07) is 0. The minimum atomic E-state index is -0.219. The smallest absolute Gasteiger partial charge is 0.168 e. The number of hydrogen-bond acceptors (Lipinski definition) is 3. The predicted molar refractivity (Wildman–Crippen MR) is 43.9 cm³/mol. The normalized spacial score (nSPS) is 33.2. The molecule has 70 valence electrons. The van der Waals surface area contributed by atoms with Crippen molar-refractivity contribution in [2.24, 2.45) is 5.92 Å². The molecule has 0 aromatic heterocycles. The van der Waals surface area contributed by atoms with Crippen molar-refractivity contribution >= 4 is 0 Å². The van der Waals surface area contributed by atoms with Crippen LogP contribution in [0.15, 0.2) is 0 Å². The number of hydrogen-bond donors (Lipinski definition) is 0. The lowest BCUT2D eigenvalue weighted by atomic mass is 10.1. The maximum atomic E-state index is 5.60. The summed E-state index contributed by atoms with van der Waals surface area (Å²) in [7, 11) is 1.75. The molecule has 2 rings (SSSR count). The zero-order chi connectivity index (χ0) is 8.44. The molecule has 0 N–H and O–H groups in total. The summed E-state index contributed by atoms with van der Waals surface area (Å²) in [5.41, 5.74) is 0. The molecular weight excluding hydrogens is 156 g/mol. The fourth-order valence-corrected chi connectivity index (χ4v) is 2.21. The molecule has 0 radical (unpaired) electrons. The minimum Gasteiger partial charge on any atom is -0.384 e. The van der Waals surface area contributed by atoms with Gasteiger partial charge in [-0.25, -0.2) is 0 Å². The van der Waals surface area contributed by atoms with E-state index >= 15 is 0 Å². The Morgan fingerprint density at radius 2 is 2.17 bits per heavy atom. The molecule has 1 atom stereocenters. The molecule has 1 aliphatic heterocycles. The highest BCUT2D eigenvalue weighted by Crippen LogP contribution is 2.40. The molecule has 12 heavy (non-hydrogen) atoms. The Labute approximate surface area is 73.0 Å². The zero-order valence-corrected chi connectivity index (χ0v) is 7.54. The maximum Gasteiger partial charge on any atom is 0.168 e. The van der Waals surface area contributed by atoms with Crippen molar-refractivity contribution in [3.8, 4) is 0 Å². The zero-order valence-electron chi connectivity index (χ0n) is 7.54. The van der Waals surface area contributed by atoms with Crippen LogP contribution in [0.4, 0.5) is 0 Å². The summed E-state index contributed by atoms with van der Waals surface area (Å²) < 4.78 is 16.3. The Bertz CT molecular complexity index is 152. The van der Waals surface area contributed by atoms with Crippen LogP contribution in [0.2, 0.25) is 0 Å². The van der Waals surface area contributed by atoms with Crippen LogP contribution < -0.4 is 0 Å². The lowest BCUT2D eigenvalue weighted by Gasteiger charge is -2.21. The lowest BCUT2D eigenvalue weighted by Crippen LogP contribution is -2.26. The van der Waals surface area contributed by atoms with Gasteiger partial charge < -0.3 is 14.2 Å². The van der Waals surface area contributed by atoms with Gasteiger partial charge in [0.15, 0.2) is 5.79 Å². The van der Waals surface area contributed by atoms with Gasteiger partial charge in [0.2, 0.25) is 0 Å². The van der Waals surface area contributed by atoms with Gasteiger partial charge in [-0.1, -0.05) is 0 Å². The van der Waals surface area contributed by atoms with E-state index < -0.39 is 0 Å². The van der Waals surface area contributed by atoms with Gasteiger partial charge in [0, 0.05) is 26.6 Å². The van der Waals surface area contributed by atoms with Crippen molar-refractivity contribution in [1.29, 1.82) is 0 Å². The fourth-order valence-electron chi connectivity index (χ4n) is 2.21. The molecule has 1 saturated carbocycles. The Hall–Kier alpha value is -0.120. The van der Waals surface area contributed by atoms with Crippen molar-refractivity contribution < 1.29 is 14.2 Å². The van der Waals surface area contributed by atoms with Crippen LogP contribution in [0, 0.1) is 5.92 Å². The molecule has 0 bridgehead atoms. The third-order valence-electron chi connectivity index (χ3n) is 2.75. The highest BCUT2D eigenvalue weighted by molar-refractivity contribution is 4.85. The molecule has 0 aromatic carbocycles. The summed E-state index contributed by atoms with van der Waals surface area (Å²) in [4.78, 5) is 0. The summed E-state index contributed by atoms with van der Waals surface area (Å²) in [5.74, 6) is 0.413. The lowest BCUT2D eigenvalue weighted by molar-refractivity contribution is -0.153. The van der Waals surface area contributed by atoms with Crippen LogP contribution >= 0.6 is 0 Å². The Kier molecular flexibility index (Phi) is 2.35. The first-order valence-corrected chi connectivity index (χ1v) is 4.61. The second-order valence-electron chi connectivity index (χ2n) is 3.67. The largest absolute Gasteiger partial charge is 0.384 e. The van der Waals surface area contributed by atoms with Gasteiger partial charge in [-0.15, -0.1) is 0 Å². The van der Waals surface area contributed by atoms with E-state index in [4.69, 9.17) is 14.2 Å². The van der Waals surface area contributed by atoms with Crippen molar-refractivity contribution in [1.82, 2.24) is 0 Å². The maximum absolute atomic E-state index is 5.60. The third kappa shape index (κ3) is 1.49. The first kappa shape index (κ1) is 8.48. The third-order valence-corrected chi connectivity index (χ3v) is 2.75. The summed E-state index contributed by atoms with van der Waals surface area (Å²) in [6.45, 7) is 2.37. The highest BCUT2D eigenvalue weighted by Gasteiger charge is 2.43. The number of ether oxygens (including phenoxy) is 3. The van der Waals surface area contributed by atoms with Crippen LogP contribution in [-0.4, -0.2) is 32.7 Å². The Morgan fingerprint density at radius 3 is 2.83 bits per heavy atom. The van der Waals surface area contributed by atoms with Gasteiger partial charge in [-0.3, -0.25) is 0 Å². The van der Waals surface area contributed by atoms with Gasteiger partial charge in [0.25, 0.3) is 0 Å². The summed E-state index contributed by atoms with van der Waals surface area (Å²) in [6.07, 6.45) is 3.23. The molecule has 1 aliphatic carbocycles. The van der Waals surface area contributed by atoms with E-state index in [0.29, 0.717) is 5.92 Å². The van der Waals surface area contributed by atoms with E-state index in [9.17, 15) is 0 Å². The average Bonchev–Trinajstić information content (AvgIpc) is 2.65. The topological polar surface area (TPSA) is 27.7 Å². The van der Waals surface area contributed by atoms with Crippen molar-refractivity contribution in [3.63, 3.8) is 0 Å². The van der Waals surface area contributed by atoms with Gasteiger partial charge in [0.1, 0.15) is 0 Å². The Balaban J connectivity index is 1.88. The van der Waals surface area contributed by atoms with Crippen molar-refractivity contribution in [2.45, 2.75) is 25.0 Å². The molecule has 3 heteroatoms. The van der Waals surface area contributed by atoms with Crippen LogP contribution in [0.1, 0.15) is 19.3 Å². The molecule has 2 aliphatic rings. The van der Waals surface area contributed by atoms with Crippen molar-refractivity contribution in [3.05, 3.63) is 0 Å². The van der Waals surface area contributed by atoms with E-state index in [2.05, 4.69) is 0 Å². The second kappa shape index (κ2) is 3.32. The molecular formula is C9H16O3. The predicted octanol–water partition coefficient (Wildman–Crippen LogP) is 1.18. The molecule has 1 unspecified atom stereocenters. The van der Waals surface area contributed by atoms with Crippen molar-refractivity contribution in [2.75, 3.05) is 26.9 Å². The SMILES string of the molecule is COCC1CCC2(C1)OCCO2. The fraction of sp³-hybridized carbons (Fsp3) is 1.00. The second-order valence-corrected chi connectivity index (χ2v) is 3.67. The van der Waals surface area contributed by atoms with E-state index in [0.717, 1.165) is 32.7 Å². The first-order valence-electron chi connectivity index (χ1n) is 4.61. The van der Waals surface area contributed by atoms with Gasteiger partial charge in [-0.05, 0) is 12.3 Å². The molecule has 1 spiro atoms. The number of methoxy groups -OCH3 is 1. The Morgan fingerprint density at radius 1 is 1.42 bits per heavy atom.